The molecule has 3 rings (SSSR count). The van der Waals surface area contributed by atoms with Gasteiger partial charge in [-0.05, 0) is 48.5 Å². The van der Waals surface area contributed by atoms with E-state index in [1.807, 2.05) is 0 Å². The minimum Gasteiger partial charge on any atom is -0.484 e. The fourth-order valence-electron chi connectivity index (χ4n) is 2.73. The van der Waals surface area contributed by atoms with Gasteiger partial charge in [-0.1, -0.05) is 18.2 Å². The van der Waals surface area contributed by atoms with Gasteiger partial charge in [0.25, 0.3) is 5.91 Å². The molecule has 0 aliphatic carbocycles. The number of benzene rings is 2. The van der Waals surface area contributed by atoms with Gasteiger partial charge in [0.15, 0.2) is 6.61 Å². The lowest BCUT2D eigenvalue weighted by Crippen LogP contribution is -2.40. The Morgan fingerprint density at radius 3 is 2.16 bits per heavy atom. The molecule has 0 radical (unpaired) electrons. The first kappa shape index (κ1) is 22.4. The van der Waals surface area contributed by atoms with Gasteiger partial charge in [0.05, 0.1) is 22.6 Å². The Kier molecular flexibility index (Phi) is 6.69. The first-order chi connectivity index (χ1) is 14.6. The molecule has 10 heteroatoms. The Morgan fingerprint density at radius 1 is 0.935 bits per heavy atom. The number of rotatable bonds is 8. The molecular formula is C21H18F3NO5S. The lowest BCUT2D eigenvalue weighted by molar-refractivity contribution is -0.164. The second-order valence-electron chi connectivity index (χ2n) is 6.52. The molecule has 0 atom stereocenters. The average Bonchev–Trinajstić information content (AvgIpc) is 3.24. The van der Waals surface area contributed by atoms with Gasteiger partial charge in [-0.15, -0.1) is 0 Å². The number of sulfone groups is 1. The van der Waals surface area contributed by atoms with Crippen molar-refractivity contribution in [3.8, 4) is 5.75 Å². The molecule has 0 bridgehead atoms. The van der Waals surface area contributed by atoms with Crippen LogP contribution in [0, 0.1) is 0 Å². The summed E-state index contributed by atoms with van der Waals surface area (Å²) in [7, 11) is -3.72. The van der Waals surface area contributed by atoms with Gasteiger partial charge < -0.3 is 14.1 Å². The standard InChI is InChI=1S/C21H18F3NO5S/c22-21(23,24)15-25(13-17-5-4-12-29-17)20(26)14-30-16-8-10-19(11-9-16)31(27,28)18-6-2-1-3-7-18/h1-12H,13-15H2. The summed E-state index contributed by atoms with van der Waals surface area (Å²) in [5.74, 6) is -0.548. The average molecular weight is 453 g/mol. The Hall–Kier alpha value is -3.27. The number of hydrogen-bond donors (Lipinski definition) is 0. The van der Waals surface area contributed by atoms with Gasteiger partial charge in [0, 0.05) is 0 Å². The zero-order valence-corrected chi connectivity index (χ0v) is 16.9. The number of carbonyl (C=O) groups excluding carboxylic acids is 1. The highest BCUT2D eigenvalue weighted by Gasteiger charge is 2.33. The molecule has 1 heterocycles. The Morgan fingerprint density at radius 2 is 1.58 bits per heavy atom. The van der Waals surface area contributed by atoms with E-state index in [-0.39, 0.29) is 27.8 Å². The monoisotopic (exact) mass is 453 g/mol. The van der Waals surface area contributed by atoms with Gasteiger partial charge in [0.1, 0.15) is 18.1 Å². The third kappa shape index (κ3) is 6.11. The fourth-order valence-corrected chi connectivity index (χ4v) is 4.01. The predicted molar refractivity (Wildman–Crippen MR) is 104 cm³/mol. The molecular weight excluding hydrogens is 435 g/mol. The summed E-state index contributed by atoms with van der Waals surface area (Å²) in [5, 5.41) is 0. The van der Waals surface area contributed by atoms with Crippen LogP contribution in [0.3, 0.4) is 0 Å². The second kappa shape index (κ2) is 9.25. The molecule has 0 spiro atoms. The molecule has 0 aliphatic rings. The number of amides is 1. The van der Waals surface area contributed by atoms with Crippen LogP contribution in [-0.2, 0) is 21.2 Å². The number of nitrogens with zero attached hydrogens (tertiary/aromatic N) is 1. The minimum absolute atomic E-state index is 0.0221. The molecule has 6 nitrogen and oxygen atoms in total. The van der Waals surface area contributed by atoms with Crippen molar-refractivity contribution in [3.05, 3.63) is 78.8 Å². The molecule has 0 fully saturated rings. The Labute approximate surface area is 176 Å². The summed E-state index contributed by atoms with van der Waals surface area (Å²) >= 11 is 0. The van der Waals surface area contributed by atoms with Crippen LogP contribution in [0.2, 0.25) is 0 Å². The summed E-state index contributed by atoms with van der Waals surface area (Å²) in [6.07, 6.45) is -3.29. The zero-order valence-electron chi connectivity index (χ0n) is 16.1. The van der Waals surface area contributed by atoms with Crippen LogP contribution in [0.1, 0.15) is 5.76 Å². The van der Waals surface area contributed by atoms with Crippen LogP contribution in [0.25, 0.3) is 0 Å². The summed E-state index contributed by atoms with van der Waals surface area (Å²) in [6.45, 7) is -2.46. The molecule has 1 aromatic heterocycles. The van der Waals surface area contributed by atoms with E-state index in [9.17, 15) is 26.4 Å². The van der Waals surface area contributed by atoms with E-state index in [0.29, 0.717) is 4.90 Å². The Balaban J connectivity index is 1.66. The number of ether oxygens (including phenoxy) is 1. The zero-order chi connectivity index (χ0) is 22.5. The van der Waals surface area contributed by atoms with Gasteiger partial charge >= 0.3 is 6.18 Å². The Bertz CT molecular complexity index is 1100. The van der Waals surface area contributed by atoms with Crippen LogP contribution >= 0.6 is 0 Å². The maximum atomic E-state index is 12.8. The summed E-state index contributed by atoms with van der Waals surface area (Å²) in [5.41, 5.74) is 0. The molecule has 31 heavy (non-hydrogen) atoms. The number of furan rings is 1. The van der Waals surface area contributed by atoms with Crippen molar-refractivity contribution in [2.75, 3.05) is 13.2 Å². The summed E-state index contributed by atoms with van der Waals surface area (Å²) < 4.78 is 73.9. The largest absolute Gasteiger partial charge is 0.484 e. The summed E-state index contributed by atoms with van der Waals surface area (Å²) in [6, 6.07) is 16.1. The predicted octanol–water partition coefficient (Wildman–Crippen LogP) is 4.08. The maximum Gasteiger partial charge on any atom is 0.406 e. The van der Waals surface area contributed by atoms with Gasteiger partial charge in [-0.2, -0.15) is 13.2 Å². The fraction of sp³-hybridized carbons (Fsp3) is 0.190. The molecule has 164 valence electrons. The number of carbonyl (C=O) groups is 1. The normalized spacial score (nSPS) is 11.8. The topological polar surface area (TPSA) is 76.8 Å². The highest BCUT2D eigenvalue weighted by Crippen LogP contribution is 2.23. The molecule has 0 saturated carbocycles. The third-order valence-corrected chi connectivity index (χ3v) is 5.99. The molecule has 0 unspecified atom stereocenters. The minimum atomic E-state index is -4.59. The van der Waals surface area contributed by atoms with E-state index < -0.39 is 35.1 Å². The van der Waals surface area contributed by atoms with Gasteiger partial charge in [0.2, 0.25) is 9.84 Å². The lowest BCUT2D eigenvalue weighted by Gasteiger charge is -2.23. The first-order valence-corrected chi connectivity index (χ1v) is 10.5. The molecule has 0 aliphatic heterocycles. The van der Waals surface area contributed by atoms with E-state index in [2.05, 4.69) is 0 Å². The van der Waals surface area contributed by atoms with Crippen molar-refractivity contribution in [2.24, 2.45) is 0 Å². The lowest BCUT2D eigenvalue weighted by atomic mass is 10.3. The number of alkyl halides is 3. The highest BCUT2D eigenvalue weighted by atomic mass is 32.2. The van der Waals surface area contributed by atoms with Gasteiger partial charge in [-0.25, -0.2) is 8.42 Å². The van der Waals surface area contributed by atoms with Crippen molar-refractivity contribution in [3.63, 3.8) is 0 Å². The van der Waals surface area contributed by atoms with Crippen molar-refractivity contribution in [2.45, 2.75) is 22.5 Å². The van der Waals surface area contributed by atoms with E-state index >= 15 is 0 Å². The highest BCUT2D eigenvalue weighted by molar-refractivity contribution is 7.91. The molecule has 1 amide bonds. The van der Waals surface area contributed by atoms with Crippen molar-refractivity contribution in [1.82, 2.24) is 4.90 Å². The SMILES string of the molecule is O=C(COc1ccc(S(=O)(=O)c2ccccc2)cc1)N(Cc1ccco1)CC(F)(F)F. The van der Waals surface area contributed by atoms with Crippen LogP contribution in [0.4, 0.5) is 13.2 Å². The van der Waals surface area contributed by atoms with E-state index in [1.165, 1.54) is 54.8 Å². The number of hydrogen-bond acceptors (Lipinski definition) is 5. The molecule has 2 aromatic carbocycles. The van der Waals surface area contributed by atoms with Crippen LogP contribution < -0.4 is 4.74 Å². The van der Waals surface area contributed by atoms with Gasteiger partial charge in [-0.3, -0.25) is 4.79 Å². The van der Waals surface area contributed by atoms with Crippen molar-refractivity contribution >= 4 is 15.7 Å². The quantitative estimate of drug-likeness (QED) is 0.514. The van der Waals surface area contributed by atoms with E-state index in [4.69, 9.17) is 9.15 Å². The third-order valence-electron chi connectivity index (χ3n) is 4.20. The van der Waals surface area contributed by atoms with Crippen LogP contribution in [0.5, 0.6) is 5.75 Å². The first-order valence-electron chi connectivity index (χ1n) is 9.05. The van der Waals surface area contributed by atoms with Crippen LogP contribution in [-0.4, -0.2) is 38.6 Å². The number of halogens is 3. The molecule has 3 aromatic rings. The maximum absolute atomic E-state index is 12.8. The second-order valence-corrected chi connectivity index (χ2v) is 8.47. The van der Waals surface area contributed by atoms with Crippen LogP contribution in [0.15, 0.2) is 87.2 Å². The van der Waals surface area contributed by atoms with E-state index in [1.54, 1.807) is 18.2 Å². The smallest absolute Gasteiger partial charge is 0.406 e. The summed E-state index contributed by atoms with van der Waals surface area (Å²) in [4.78, 5) is 13.0. The van der Waals surface area contributed by atoms with Crippen molar-refractivity contribution < 1.29 is 35.5 Å². The molecule has 0 N–H and O–H groups in total. The molecule has 0 saturated heterocycles. The van der Waals surface area contributed by atoms with Crippen molar-refractivity contribution in [1.29, 1.82) is 0 Å². The van der Waals surface area contributed by atoms with E-state index in [0.717, 1.165) is 0 Å².